The predicted molar refractivity (Wildman–Crippen MR) is 149 cm³/mol. The van der Waals surface area contributed by atoms with Crippen LogP contribution < -0.4 is 10.0 Å². The average Bonchev–Trinajstić information content (AvgIpc) is 2.90. The fourth-order valence-electron chi connectivity index (χ4n) is 3.98. The summed E-state index contributed by atoms with van der Waals surface area (Å²) in [4.78, 5) is 15.4. The number of carbonyl (C=O) groups is 1. The molecule has 1 fully saturated rings. The lowest BCUT2D eigenvalue weighted by Crippen LogP contribution is -2.48. The first-order valence-corrected chi connectivity index (χ1v) is 15.4. The topological polar surface area (TPSA) is 116 Å². The second-order valence-electron chi connectivity index (χ2n) is 8.57. The normalized spacial score (nSPS) is 15.2. The minimum Gasteiger partial charge on any atom is -0.322 e. The number of carbonyl (C=O) groups excluding carboxylic acids is 1. The fourth-order valence-corrected chi connectivity index (χ4v) is 6.83. The molecule has 13 heteroatoms. The maximum atomic E-state index is 13.2. The molecule has 0 saturated carbocycles. The van der Waals surface area contributed by atoms with Crippen LogP contribution in [0.2, 0.25) is 10.0 Å². The molecule has 0 atom stereocenters. The zero-order valence-corrected chi connectivity index (χ0v) is 23.5. The third kappa shape index (κ3) is 6.48. The highest BCUT2D eigenvalue weighted by atomic mass is 35.5. The lowest BCUT2D eigenvalue weighted by atomic mass is 10.1. The summed E-state index contributed by atoms with van der Waals surface area (Å²) in [6.07, 6.45) is 0. The summed E-state index contributed by atoms with van der Waals surface area (Å²) in [6.45, 7) is 4.95. The number of sulfonamides is 2. The van der Waals surface area contributed by atoms with Crippen LogP contribution in [-0.2, 0) is 20.0 Å². The van der Waals surface area contributed by atoms with Crippen molar-refractivity contribution in [2.45, 2.75) is 16.7 Å². The van der Waals surface area contributed by atoms with E-state index in [9.17, 15) is 21.6 Å². The molecule has 9 nitrogen and oxygen atoms in total. The number of rotatable bonds is 8. The smallest absolute Gasteiger partial charge is 0.261 e. The summed E-state index contributed by atoms with van der Waals surface area (Å²) in [7, 11) is -7.79. The van der Waals surface area contributed by atoms with Crippen molar-refractivity contribution in [2.75, 3.05) is 42.8 Å². The Labute approximate surface area is 232 Å². The van der Waals surface area contributed by atoms with Gasteiger partial charge in [-0.2, -0.15) is 4.31 Å². The Morgan fingerprint density at radius 2 is 1.50 bits per heavy atom. The zero-order chi connectivity index (χ0) is 27.5. The number of hydrogen-bond donors (Lipinski definition) is 2. The van der Waals surface area contributed by atoms with Crippen molar-refractivity contribution in [2.24, 2.45) is 0 Å². The summed E-state index contributed by atoms with van der Waals surface area (Å²) in [5.41, 5.74) is 0.188. The second kappa shape index (κ2) is 11.6. The largest absolute Gasteiger partial charge is 0.322 e. The molecule has 1 heterocycles. The number of halogens is 2. The Morgan fingerprint density at radius 1 is 0.842 bits per heavy atom. The number of benzene rings is 3. The fraction of sp³-hybridized carbons (Fsp3) is 0.240. The molecule has 2 N–H and O–H groups in total. The molecular weight excluding hydrogens is 571 g/mol. The van der Waals surface area contributed by atoms with Crippen molar-refractivity contribution < 1.29 is 21.6 Å². The van der Waals surface area contributed by atoms with E-state index in [1.165, 1.54) is 65.0 Å². The van der Waals surface area contributed by atoms with Crippen LogP contribution in [0.5, 0.6) is 0 Å². The molecule has 1 aliphatic heterocycles. The maximum Gasteiger partial charge on any atom is 0.261 e. The number of likely N-dealkylation sites (N-methyl/N-ethyl adjacent to an activating group) is 1. The van der Waals surface area contributed by atoms with Gasteiger partial charge in [-0.05, 0) is 67.2 Å². The Morgan fingerprint density at radius 3 is 2.16 bits per heavy atom. The number of hydrogen-bond acceptors (Lipinski definition) is 6. The number of anilines is 2. The third-order valence-electron chi connectivity index (χ3n) is 6.10. The first-order chi connectivity index (χ1) is 18.0. The van der Waals surface area contributed by atoms with Crippen molar-refractivity contribution in [1.29, 1.82) is 0 Å². The Hall–Kier alpha value is -2.67. The summed E-state index contributed by atoms with van der Waals surface area (Å²) >= 11 is 12.0. The minimum absolute atomic E-state index is 0.000536. The van der Waals surface area contributed by atoms with Crippen LogP contribution in [0.3, 0.4) is 0 Å². The van der Waals surface area contributed by atoms with Crippen molar-refractivity contribution >= 4 is 60.5 Å². The van der Waals surface area contributed by atoms with Crippen LogP contribution in [0.15, 0.2) is 76.5 Å². The predicted octanol–water partition coefficient (Wildman–Crippen LogP) is 4.37. The van der Waals surface area contributed by atoms with E-state index in [1.807, 2.05) is 6.92 Å². The van der Waals surface area contributed by atoms with Gasteiger partial charge in [0, 0.05) is 41.9 Å². The van der Waals surface area contributed by atoms with Gasteiger partial charge in [0.15, 0.2) is 0 Å². The number of nitrogens with zero attached hydrogens (tertiary/aromatic N) is 2. The van der Waals surface area contributed by atoms with Gasteiger partial charge in [-0.25, -0.2) is 16.8 Å². The average molecular weight is 598 g/mol. The van der Waals surface area contributed by atoms with E-state index in [4.69, 9.17) is 23.2 Å². The van der Waals surface area contributed by atoms with Gasteiger partial charge in [0.1, 0.15) is 0 Å². The molecular formula is C25H26Cl2N4O5S2. The zero-order valence-electron chi connectivity index (χ0n) is 20.4. The van der Waals surface area contributed by atoms with E-state index in [-0.39, 0.29) is 31.8 Å². The van der Waals surface area contributed by atoms with Gasteiger partial charge in [0.2, 0.25) is 10.0 Å². The molecule has 4 rings (SSSR count). The quantitative estimate of drug-likeness (QED) is 0.399. The molecule has 202 valence electrons. The van der Waals surface area contributed by atoms with E-state index in [2.05, 4.69) is 14.9 Å². The van der Waals surface area contributed by atoms with E-state index >= 15 is 0 Å². The van der Waals surface area contributed by atoms with Gasteiger partial charge in [-0.3, -0.25) is 9.52 Å². The molecule has 38 heavy (non-hydrogen) atoms. The van der Waals surface area contributed by atoms with Gasteiger partial charge in [0.05, 0.1) is 21.0 Å². The summed E-state index contributed by atoms with van der Waals surface area (Å²) in [5, 5.41) is 3.24. The summed E-state index contributed by atoms with van der Waals surface area (Å²) < 4.78 is 56.0. The second-order valence-corrected chi connectivity index (χ2v) is 13.1. The maximum absolute atomic E-state index is 13.2. The molecule has 1 aliphatic rings. The highest BCUT2D eigenvalue weighted by Crippen LogP contribution is 2.27. The Kier molecular flexibility index (Phi) is 8.65. The van der Waals surface area contributed by atoms with Crippen molar-refractivity contribution in [1.82, 2.24) is 9.21 Å². The van der Waals surface area contributed by atoms with Crippen molar-refractivity contribution in [3.05, 3.63) is 82.3 Å². The number of nitrogens with one attached hydrogen (secondary N) is 2. The molecule has 0 aromatic heterocycles. The van der Waals surface area contributed by atoms with E-state index in [0.29, 0.717) is 31.2 Å². The molecule has 0 aliphatic carbocycles. The van der Waals surface area contributed by atoms with Gasteiger partial charge < -0.3 is 10.2 Å². The standard InChI is InChI=1S/C25H26Cl2N4O5S2/c1-2-30-12-14-31(15-13-30)38(35,36)22-5-3-4-20(17-22)28-25(32)23-16-19(27)8-11-24(23)29-37(33,34)21-9-6-18(26)7-10-21/h3-11,16-17,29H,2,12-15H2,1H3,(H,28,32). The summed E-state index contributed by atoms with van der Waals surface area (Å²) in [5.74, 6) is -0.674. The third-order valence-corrected chi connectivity index (χ3v) is 9.87. The molecule has 0 spiro atoms. The summed E-state index contributed by atoms with van der Waals surface area (Å²) in [6, 6.07) is 15.6. The van der Waals surface area contributed by atoms with Gasteiger partial charge in [-0.1, -0.05) is 36.2 Å². The SMILES string of the molecule is CCN1CCN(S(=O)(=O)c2cccc(NC(=O)c3cc(Cl)ccc3NS(=O)(=O)c3ccc(Cl)cc3)c2)CC1. The van der Waals surface area contributed by atoms with Gasteiger partial charge in [0.25, 0.3) is 15.9 Å². The highest BCUT2D eigenvalue weighted by Gasteiger charge is 2.28. The van der Waals surface area contributed by atoms with E-state index < -0.39 is 26.0 Å². The number of amides is 1. The van der Waals surface area contributed by atoms with Gasteiger partial charge in [-0.15, -0.1) is 0 Å². The Bertz CT molecular complexity index is 1540. The van der Waals surface area contributed by atoms with E-state index in [1.54, 1.807) is 6.07 Å². The van der Waals surface area contributed by atoms with Crippen LogP contribution in [0.1, 0.15) is 17.3 Å². The highest BCUT2D eigenvalue weighted by molar-refractivity contribution is 7.92. The molecule has 1 amide bonds. The van der Waals surface area contributed by atoms with E-state index in [0.717, 1.165) is 6.54 Å². The first-order valence-electron chi connectivity index (χ1n) is 11.7. The van der Waals surface area contributed by atoms with Gasteiger partial charge >= 0.3 is 0 Å². The Balaban J connectivity index is 1.56. The first kappa shape index (κ1) is 28.3. The molecule has 0 unspecified atom stereocenters. The van der Waals surface area contributed by atoms with Crippen LogP contribution in [0.4, 0.5) is 11.4 Å². The van der Waals surface area contributed by atoms with Crippen molar-refractivity contribution in [3.63, 3.8) is 0 Å². The van der Waals surface area contributed by atoms with Crippen LogP contribution in [-0.4, -0.2) is 64.7 Å². The monoisotopic (exact) mass is 596 g/mol. The lowest BCUT2D eigenvalue weighted by molar-refractivity contribution is 0.102. The molecule has 0 radical (unpaired) electrons. The molecule has 1 saturated heterocycles. The number of piperazine rings is 1. The lowest BCUT2D eigenvalue weighted by Gasteiger charge is -2.33. The molecule has 0 bridgehead atoms. The molecule has 3 aromatic carbocycles. The van der Waals surface area contributed by atoms with Crippen molar-refractivity contribution in [3.8, 4) is 0 Å². The van der Waals surface area contributed by atoms with Crippen LogP contribution >= 0.6 is 23.2 Å². The minimum atomic E-state index is -4.04. The van der Waals surface area contributed by atoms with Crippen LogP contribution in [0.25, 0.3) is 0 Å². The van der Waals surface area contributed by atoms with Crippen LogP contribution in [0, 0.1) is 0 Å². The molecule has 3 aromatic rings.